The lowest BCUT2D eigenvalue weighted by Gasteiger charge is -2.03. The van der Waals surface area contributed by atoms with E-state index < -0.39 is 0 Å². The number of nitrogens with one attached hydrogen (secondary N) is 1. The Balaban J connectivity index is 2.12. The lowest BCUT2D eigenvalue weighted by atomic mass is 10.0. The Labute approximate surface area is 126 Å². The van der Waals surface area contributed by atoms with E-state index in [1.54, 1.807) is 30.5 Å². The second-order valence-electron chi connectivity index (χ2n) is 4.69. The topological polar surface area (TPSA) is 32.9 Å². The minimum atomic E-state index is -0.0691. The van der Waals surface area contributed by atoms with Crippen LogP contribution in [-0.2, 0) is 0 Å². The molecule has 0 bridgehead atoms. The van der Waals surface area contributed by atoms with Crippen molar-refractivity contribution in [3.63, 3.8) is 0 Å². The quantitative estimate of drug-likeness (QED) is 0.663. The minimum Gasteiger partial charge on any atom is -0.360 e. The van der Waals surface area contributed by atoms with Crippen molar-refractivity contribution in [3.05, 3.63) is 69.3 Å². The van der Waals surface area contributed by atoms with Gasteiger partial charge >= 0.3 is 0 Å². The van der Waals surface area contributed by atoms with Gasteiger partial charge in [0.15, 0.2) is 5.78 Å². The van der Waals surface area contributed by atoms with Crippen molar-refractivity contribution in [1.29, 1.82) is 0 Å². The van der Waals surface area contributed by atoms with E-state index in [-0.39, 0.29) is 5.78 Å². The summed E-state index contributed by atoms with van der Waals surface area (Å²) in [5.74, 6) is -0.0691. The number of H-pyrrole nitrogens is 1. The van der Waals surface area contributed by atoms with Crippen LogP contribution in [-0.4, -0.2) is 10.8 Å². The van der Waals surface area contributed by atoms with Gasteiger partial charge < -0.3 is 4.98 Å². The van der Waals surface area contributed by atoms with Crippen molar-refractivity contribution in [1.82, 2.24) is 4.98 Å². The average Bonchev–Trinajstić information content (AvgIpc) is 2.84. The Morgan fingerprint density at radius 2 is 1.90 bits per heavy atom. The molecule has 0 amide bonds. The van der Waals surface area contributed by atoms with Gasteiger partial charge in [0.1, 0.15) is 0 Å². The predicted octanol–water partition coefficient (Wildman–Crippen LogP) is 5.01. The normalized spacial score (nSPS) is 10.9. The number of halogens is 2. The first kappa shape index (κ1) is 13.2. The van der Waals surface area contributed by atoms with E-state index in [4.69, 9.17) is 23.2 Å². The van der Waals surface area contributed by atoms with E-state index in [0.29, 0.717) is 21.2 Å². The van der Waals surface area contributed by atoms with Crippen molar-refractivity contribution >= 4 is 39.9 Å². The predicted molar refractivity (Wildman–Crippen MR) is 82.9 cm³/mol. The summed E-state index contributed by atoms with van der Waals surface area (Å²) in [7, 11) is 0. The summed E-state index contributed by atoms with van der Waals surface area (Å²) < 4.78 is 0. The zero-order valence-electron chi connectivity index (χ0n) is 10.7. The third-order valence-electron chi connectivity index (χ3n) is 3.32. The van der Waals surface area contributed by atoms with Crippen molar-refractivity contribution in [2.24, 2.45) is 0 Å². The van der Waals surface area contributed by atoms with Crippen molar-refractivity contribution in [2.45, 2.75) is 6.92 Å². The Morgan fingerprint density at radius 3 is 2.65 bits per heavy atom. The average molecular weight is 304 g/mol. The molecule has 0 unspecified atom stereocenters. The maximum atomic E-state index is 12.6. The highest BCUT2D eigenvalue weighted by molar-refractivity contribution is 6.32. The number of carbonyl (C=O) groups excluding carboxylic acids is 1. The maximum absolute atomic E-state index is 12.6. The van der Waals surface area contributed by atoms with Crippen LogP contribution >= 0.6 is 23.2 Å². The molecule has 2 aromatic carbocycles. The summed E-state index contributed by atoms with van der Waals surface area (Å²) in [6.45, 7) is 1.90. The number of fused-ring (bicyclic) bond motifs is 1. The van der Waals surface area contributed by atoms with Crippen molar-refractivity contribution < 1.29 is 4.79 Å². The third kappa shape index (κ3) is 2.21. The fraction of sp³-hybridized carbons (Fsp3) is 0.0625. The number of carbonyl (C=O) groups is 1. The summed E-state index contributed by atoms with van der Waals surface area (Å²) in [5.41, 5.74) is 3.00. The summed E-state index contributed by atoms with van der Waals surface area (Å²) in [6.07, 6.45) is 1.71. The second-order valence-corrected chi connectivity index (χ2v) is 5.53. The summed E-state index contributed by atoms with van der Waals surface area (Å²) in [6, 6.07) is 10.8. The summed E-state index contributed by atoms with van der Waals surface area (Å²) >= 11 is 12.1. The van der Waals surface area contributed by atoms with Gasteiger partial charge in [-0.15, -0.1) is 0 Å². The van der Waals surface area contributed by atoms with Gasteiger partial charge in [-0.05, 0) is 36.8 Å². The molecule has 20 heavy (non-hydrogen) atoms. The number of benzene rings is 2. The number of rotatable bonds is 2. The number of hydrogen-bond donors (Lipinski definition) is 1. The molecule has 3 aromatic rings. The molecule has 0 aliphatic carbocycles. The van der Waals surface area contributed by atoms with E-state index in [1.165, 1.54) is 0 Å². The molecule has 1 heterocycles. The fourth-order valence-corrected chi connectivity index (χ4v) is 2.52. The largest absolute Gasteiger partial charge is 0.360 e. The summed E-state index contributed by atoms with van der Waals surface area (Å²) in [4.78, 5) is 15.7. The highest BCUT2D eigenvalue weighted by Gasteiger charge is 2.15. The van der Waals surface area contributed by atoms with Crippen LogP contribution in [0, 0.1) is 6.92 Å². The minimum absolute atomic E-state index is 0.0691. The van der Waals surface area contributed by atoms with Crippen LogP contribution in [0.4, 0.5) is 0 Å². The number of hydrogen-bond acceptors (Lipinski definition) is 1. The zero-order chi connectivity index (χ0) is 14.3. The lowest BCUT2D eigenvalue weighted by Crippen LogP contribution is -2.00. The van der Waals surface area contributed by atoms with Gasteiger partial charge in [0.2, 0.25) is 0 Å². The van der Waals surface area contributed by atoms with Crippen molar-refractivity contribution in [2.75, 3.05) is 0 Å². The molecule has 0 aliphatic heterocycles. The third-order valence-corrected chi connectivity index (χ3v) is 3.96. The molecule has 2 nitrogen and oxygen atoms in total. The first-order chi connectivity index (χ1) is 9.56. The van der Waals surface area contributed by atoms with Gasteiger partial charge in [-0.1, -0.05) is 35.3 Å². The molecule has 0 fully saturated rings. The van der Waals surface area contributed by atoms with Gasteiger partial charge in [-0.25, -0.2) is 0 Å². The van der Waals surface area contributed by atoms with Crippen LogP contribution in [0.1, 0.15) is 21.5 Å². The molecule has 0 radical (unpaired) electrons. The first-order valence-corrected chi connectivity index (χ1v) is 6.89. The number of aromatic amines is 1. The van der Waals surface area contributed by atoms with Crippen LogP contribution in [0.25, 0.3) is 10.9 Å². The van der Waals surface area contributed by atoms with E-state index in [2.05, 4.69) is 4.98 Å². The molecule has 0 saturated heterocycles. The highest BCUT2D eigenvalue weighted by Crippen LogP contribution is 2.26. The molecule has 1 aromatic heterocycles. The molecule has 0 spiro atoms. The molecular weight excluding hydrogens is 293 g/mol. The van der Waals surface area contributed by atoms with Gasteiger partial charge in [-0.2, -0.15) is 0 Å². The maximum Gasteiger partial charge on any atom is 0.195 e. The zero-order valence-corrected chi connectivity index (χ0v) is 12.2. The number of aromatic nitrogens is 1. The van der Waals surface area contributed by atoms with Gasteiger partial charge in [0.25, 0.3) is 0 Å². The van der Waals surface area contributed by atoms with E-state index in [1.807, 2.05) is 19.1 Å². The lowest BCUT2D eigenvalue weighted by molar-refractivity contribution is 0.104. The highest BCUT2D eigenvalue weighted by atomic mass is 35.5. The second kappa shape index (κ2) is 4.97. The Morgan fingerprint density at radius 1 is 1.10 bits per heavy atom. The Bertz CT molecular complexity index is 820. The summed E-state index contributed by atoms with van der Waals surface area (Å²) in [5, 5.41) is 2.01. The fourth-order valence-electron chi connectivity index (χ4n) is 2.17. The first-order valence-electron chi connectivity index (χ1n) is 6.14. The Hall–Kier alpha value is -1.77. The molecule has 4 heteroatoms. The molecule has 0 aliphatic rings. The van der Waals surface area contributed by atoms with Crippen molar-refractivity contribution in [3.8, 4) is 0 Å². The Kier molecular flexibility index (Phi) is 3.28. The van der Waals surface area contributed by atoms with Gasteiger partial charge in [0.05, 0.1) is 0 Å². The number of ketones is 1. The monoisotopic (exact) mass is 303 g/mol. The van der Waals surface area contributed by atoms with Crippen LogP contribution in [0.2, 0.25) is 10.0 Å². The SMILES string of the molecule is Cc1ccc(C(=O)c2c[nH]c3ccc(Cl)cc23)cc1Cl. The smallest absolute Gasteiger partial charge is 0.195 e. The molecule has 0 saturated carbocycles. The molecular formula is C16H11Cl2NO. The molecule has 100 valence electrons. The number of aryl methyl sites for hydroxylation is 1. The standard InChI is InChI=1S/C16H11Cl2NO/c1-9-2-3-10(6-14(9)18)16(20)13-8-19-15-5-4-11(17)7-12(13)15/h2-8,19H,1H3. The van der Waals surface area contributed by atoms with E-state index in [0.717, 1.165) is 16.5 Å². The van der Waals surface area contributed by atoms with Crippen LogP contribution in [0.15, 0.2) is 42.6 Å². The van der Waals surface area contributed by atoms with E-state index >= 15 is 0 Å². The molecule has 1 N–H and O–H groups in total. The van der Waals surface area contributed by atoms with Gasteiger partial charge in [0, 0.05) is 38.3 Å². The van der Waals surface area contributed by atoms with E-state index in [9.17, 15) is 4.79 Å². The van der Waals surface area contributed by atoms with Crippen LogP contribution in [0.5, 0.6) is 0 Å². The van der Waals surface area contributed by atoms with Crippen LogP contribution in [0.3, 0.4) is 0 Å². The molecule has 0 atom stereocenters. The van der Waals surface area contributed by atoms with Crippen LogP contribution < -0.4 is 0 Å². The van der Waals surface area contributed by atoms with Gasteiger partial charge in [-0.3, -0.25) is 4.79 Å². The molecule has 3 rings (SSSR count).